The van der Waals surface area contributed by atoms with Crippen molar-refractivity contribution in [2.24, 2.45) is 5.92 Å². The lowest BCUT2D eigenvalue weighted by molar-refractivity contribution is 0.285. The van der Waals surface area contributed by atoms with Crippen LogP contribution in [0.3, 0.4) is 0 Å². The van der Waals surface area contributed by atoms with Crippen molar-refractivity contribution in [2.45, 2.75) is 32.2 Å². The Hall–Kier alpha value is -0.830. The van der Waals surface area contributed by atoms with E-state index in [0.717, 1.165) is 11.7 Å². The molecule has 3 nitrogen and oxygen atoms in total. The molecule has 0 aliphatic heterocycles. The van der Waals surface area contributed by atoms with Gasteiger partial charge in [0.1, 0.15) is 17.2 Å². The number of halogens is 1. The summed E-state index contributed by atoms with van der Waals surface area (Å²) in [6, 6.07) is 0.455. The summed E-state index contributed by atoms with van der Waals surface area (Å²) in [5, 5.41) is 3.93. The predicted molar refractivity (Wildman–Crippen MR) is 57.5 cm³/mol. The Morgan fingerprint density at radius 1 is 1.57 bits per heavy atom. The second-order valence-corrected chi connectivity index (χ2v) is 4.25. The molecule has 0 amide bonds. The zero-order chi connectivity index (χ0) is 9.97. The molecule has 1 aromatic heterocycles. The van der Waals surface area contributed by atoms with Crippen molar-refractivity contribution in [3.63, 3.8) is 0 Å². The summed E-state index contributed by atoms with van der Waals surface area (Å²) in [5.74, 6) is 1.53. The van der Waals surface area contributed by atoms with Crippen LogP contribution < -0.4 is 5.32 Å². The summed E-state index contributed by atoms with van der Waals surface area (Å²) >= 11 is 5.95. The van der Waals surface area contributed by atoms with Crippen molar-refractivity contribution < 1.29 is 0 Å². The smallest absolute Gasteiger partial charge is 0.148 e. The van der Waals surface area contributed by atoms with Gasteiger partial charge in [-0.05, 0) is 25.7 Å². The first-order valence-electron chi connectivity index (χ1n) is 4.99. The lowest BCUT2D eigenvalue weighted by atomic mass is 9.80. The van der Waals surface area contributed by atoms with Crippen LogP contribution >= 0.6 is 11.6 Å². The second-order valence-electron chi connectivity index (χ2n) is 3.84. The molecule has 1 fully saturated rings. The van der Waals surface area contributed by atoms with Gasteiger partial charge in [-0.25, -0.2) is 9.97 Å². The molecule has 14 heavy (non-hydrogen) atoms. The van der Waals surface area contributed by atoms with Crippen LogP contribution in [-0.2, 0) is 0 Å². The maximum absolute atomic E-state index is 5.95. The molecule has 0 radical (unpaired) electrons. The topological polar surface area (TPSA) is 37.8 Å². The highest BCUT2D eigenvalue weighted by molar-refractivity contribution is 6.32. The zero-order valence-corrected chi connectivity index (χ0v) is 8.96. The summed E-state index contributed by atoms with van der Waals surface area (Å²) in [7, 11) is 0. The third-order valence-electron chi connectivity index (χ3n) is 2.89. The Balaban J connectivity index is 1.99. The Kier molecular flexibility index (Phi) is 2.87. The first-order chi connectivity index (χ1) is 6.77. The van der Waals surface area contributed by atoms with E-state index in [9.17, 15) is 0 Å². The van der Waals surface area contributed by atoms with E-state index in [2.05, 4.69) is 22.2 Å². The molecule has 4 heteroatoms. The molecule has 0 bridgehead atoms. The fourth-order valence-electron chi connectivity index (χ4n) is 1.69. The van der Waals surface area contributed by atoms with Crippen LogP contribution in [0.25, 0.3) is 0 Å². The van der Waals surface area contributed by atoms with E-state index in [-0.39, 0.29) is 0 Å². The first-order valence-corrected chi connectivity index (χ1v) is 5.37. The average Bonchev–Trinajstić information content (AvgIpc) is 2.05. The normalized spacial score (nSPS) is 18.7. The van der Waals surface area contributed by atoms with Gasteiger partial charge in [0.2, 0.25) is 0 Å². The third-order valence-corrected chi connectivity index (χ3v) is 3.17. The van der Waals surface area contributed by atoms with E-state index in [0.29, 0.717) is 11.1 Å². The molecule has 0 saturated heterocycles. The van der Waals surface area contributed by atoms with E-state index in [4.69, 9.17) is 11.6 Å². The Morgan fingerprint density at radius 3 is 2.93 bits per heavy atom. The number of nitrogens with one attached hydrogen (secondary N) is 1. The van der Waals surface area contributed by atoms with Crippen LogP contribution in [0.1, 0.15) is 26.2 Å². The molecular weight excluding hydrogens is 198 g/mol. The maximum atomic E-state index is 5.95. The van der Waals surface area contributed by atoms with Crippen LogP contribution in [-0.4, -0.2) is 16.0 Å². The molecule has 0 spiro atoms. The van der Waals surface area contributed by atoms with Gasteiger partial charge in [-0.2, -0.15) is 0 Å². The SMILES string of the molecule is CC(Nc1ncncc1Cl)C1CCC1. The van der Waals surface area contributed by atoms with Crippen molar-refractivity contribution in [2.75, 3.05) is 5.32 Å². The van der Waals surface area contributed by atoms with Gasteiger partial charge in [0.05, 0.1) is 6.20 Å². The quantitative estimate of drug-likeness (QED) is 0.836. The van der Waals surface area contributed by atoms with Gasteiger partial charge < -0.3 is 5.32 Å². The van der Waals surface area contributed by atoms with Crippen molar-refractivity contribution in [3.05, 3.63) is 17.5 Å². The minimum atomic E-state index is 0.455. The second kappa shape index (κ2) is 4.13. The standard InChI is InChI=1S/C10H14ClN3/c1-7(8-3-2-4-8)14-10-9(11)5-12-6-13-10/h5-8H,2-4H2,1H3,(H,12,13,14). The van der Waals surface area contributed by atoms with E-state index in [1.807, 2.05) is 0 Å². The van der Waals surface area contributed by atoms with Crippen LogP contribution in [0.15, 0.2) is 12.5 Å². The Morgan fingerprint density at radius 2 is 2.36 bits per heavy atom. The number of hydrogen-bond donors (Lipinski definition) is 1. The van der Waals surface area contributed by atoms with E-state index < -0.39 is 0 Å². The van der Waals surface area contributed by atoms with Crippen LogP contribution in [0, 0.1) is 5.92 Å². The molecular formula is C10H14ClN3. The largest absolute Gasteiger partial charge is 0.366 e. The summed E-state index contributed by atoms with van der Waals surface area (Å²) in [6.07, 6.45) is 7.12. The highest BCUT2D eigenvalue weighted by atomic mass is 35.5. The fraction of sp³-hybridized carbons (Fsp3) is 0.600. The summed E-state index contributed by atoms with van der Waals surface area (Å²) in [4.78, 5) is 7.95. The molecule has 1 saturated carbocycles. The number of hydrogen-bond acceptors (Lipinski definition) is 3. The van der Waals surface area contributed by atoms with Gasteiger partial charge in [0.25, 0.3) is 0 Å². The van der Waals surface area contributed by atoms with Gasteiger partial charge in [0.15, 0.2) is 0 Å². The van der Waals surface area contributed by atoms with Gasteiger partial charge in [0, 0.05) is 6.04 Å². The van der Waals surface area contributed by atoms with Crippen molar-refractivity contribution in [1.29, 1.82) is 0 Å². The first kappa shape index (κ1) is 9.71. The number of nitrogens with zero attached hydrogens (tertiary/aromatic N) is 2. The van der Waals surface area contributed by atoms with Crippen molar-refractivity contribution in [1.82, 2.24) is 9.97 Å². The lowest BCUT2D eigenvalue weighted by Crippen LogP contribution is -2.31. The molecule has 1 N–H and O–H groups in total. The Bertz CT molecular complexity index is 312. The van der Waals surface area contributed by atoms with Crippen LogP contribution in [0.5, 0.6) is 0 Å². The molecule has 1 heterocycles. The molecule has 1 unspecified atom stereocenters. The number of rotatable bonds is 3. The molecule has 76 valence electrons. The molecule has 2 rings (SSSR count). The van der Waals surface area contributed by atoms with Gasteiger partial charge in [-0.3, -0.25) is 0 Å². The lowest BCUT2D eigenvalue weighted by Gasteiger charge is -2.32. The maximum Gasteiger partial charge on any atom is 0.148 e. The van der Waals surface area contributed by atoms with Crippen molar-refractivity contribution >= 4 is 17.4 Å². The molecule has 1 atom stereocenters. The summed E-state index contributed by atoms with van der Waals surface area (Å²) in [6.45, 7) is 2.18. The van der Waals surface area contributed by atoms with Gasteiger partial charge in [-0.1, -0.05) is 18.0 Å². The molecule has 1 aliphatic rings. The predicted octanol–water partition coefficient (Wildman–Crippen LogP) is 2.73. The van der Waals surface area contributed by atoms with Gasteiger partial charge in [-0.15, -0.1) is 0 Å². The fourth-order valence-corrected chi connectivity index (χ4v) is 1.85. The monoisotopic (exact) mass is 211 g/mol. The highest BCUT2D eigenvalue weighted by Gasteiger charge is 2.24. The van der Waals surface area contributed by atoms with Crippen LogP contribution in [0.4, 0.5) is 5.82 Å². The molecule has 1 aliphatic carbocycles. The van der Waals surface area contributed by atoms with E-state index in [1.54, 1.807) is 6.20 Å². The van der Waals surface area contributed by atoms with Crippen molar-refractivity contribution in [3.8, 4) is 0 Å². The van der Waals surface area contributed by atoms with E-state index in [1.165, 1.54) is 25.6 Å². The average molecular weight is 212 g/mol. The highest BCUT2D eigenvalue weighted by Crippen LogP contribution is 2.31. The Labute approximate surface area is 88.9 Å². The molecule has 1 aromatic rings. The zero-order valence-electron chi connectivity index (χ0n) is 8.20. The van der Waals surface area contributed by atoms with Gasteiger partial charge >= 0.3 is 0 Å². The minimum absolute atomic E-state index is 0.455. The minimum Gasteiger partial charge on any atom is -0.366 e. The van der Waals surface area contributed by atoms with E-state index >= 15 is 0 Å². The number of aromatic nitrogens is 2. The third kappa shape index (κ3) is 1.98. The number of anilines is 1. The summed E-state index contributed by atoms with van der Waals surface area (Å²) < 4.78 is 0. The molecule has 0 aromatic carbocycles. The van der Waals surface area contributed by atoms with Crippen LogP contribution in [0.2, 0.25) is 5.02 Å². The summed E-state index contributed by atoms with van der Waals surface area (Å²) in [5.41, 5.74) is 0.